The van der Waals surface area contributed by atoms with Crippen molar-refractivity contribution in [1.82, 2.24) is 15.4 Å². The van der Waals surface area contributed by atoms with Crippen LogP contribution in [0.5, 0.6) is 0 Å². The molecule has 12 heteroatoms. The van der Waals surface area contributed by atoms with E-state index in [4.69, 9.17) is 0 Å². The molecule has 2 aromatic rings. The number of guanidine groups is 1. The van der Waals surface area contributed by atoms with Crippen molar-refractivity contribution >= 4 is 57.0 Å². The van der Waals surface area contributed by atoms with Gasteiger partial charge in [-0.15, -0.1) is 35.3 Å². The second kappa shape index (κ2) is 12.8. The Morgan fingerprint density at radius 1 is 1.23 bits per heavy atom. The van der Waals surface area contributed by atoms with Gasteiger partial charge in [0.15, 0.2) is 5.96 Å². The Hall–Kier alpha value is -1.77. The summed E-state index contributed by atoms with van der Waals surface area (Å²) in [7, 11) is -2.18. The van der Waals surface area contributed by atoms with Crippen molar-refractivity contribution in [1.29, 1.82) is 0 Å². The number of hydrogen-bond acceptors (Lipinski definition) is 6. The van der Waals surface area contributed by atoms with Gasteiger partial charge in [0.1, 0.15) is 0 Å². The van der Waals surface area contributed by atoms with Crippen LogP contribution in [0.2, 0.25) is 0 Å². The Kier molecular flexibility index (Phi) is 11.2. The average molecular weight is 567 g/mol. The molecule has 166 valence electrons. The summed E-state index contributed by atoms with van der Waals surface area (Å²) in [6.07, 6.45) is 0.977. The third kappa shape index (κ3) is 8.53. The minimum absolute atomic E-state index is 0. The number of nitro groups is 1. The minimum Gasteiger partial charge on any atom is -0.356 e. The largest absolute Gasteiger partial charge is 0.356 e. The Bertz CT molecular complexity index is 936. The van der Waals surface area contributed by atoms with Gasteiger partial charge in [-0.3, -0.25) is 15.1 Å². The zero-order valence-corrected chi connectivity index (χ0v) is 20.7. The summed E-state index contributed by atoms with van der Waals surface area (Å²) in [5, 5.41) is 19.1. The number of nitrogens with one attached hydrogen (secondary N) is 3. The van der Waals surface area contributed by atoms with Gasteiger partial charge in [-0.25, -0.2) is 13.1 Å². The fraction of sp³-hybridized carbons (Fsp3) is 0.389. The number of benzene rings is 1. The smallest absolute Gasteiger partial charge is 0.270 e. The highest BCUT2D eigenvalue weighted by molar-refractivity contribution is 14.0. The first kappa shape index (κ1) is 26.3. The Balaban J connectivity index is 0.00000450. The van der Waals surface area contributed by atoms with Crippen LogP contribution in [0.25, 0.3) is 0 Å². The molecular formula is C18H26IN5O4S2. The maximum Gasteiger partial charge on any atom is 0.270 e. The number of halogens is 1. The summed E-state index contributed by atoms with van der Waals surface area (Å²) in [6, 6.07) is 9.09. The molecule has 0 aliphatic carbocycles. The van der Waals surface area contributed by atoms with Crippen LogP contribution in [0.15, 0.2) is 51.7 Å². The van der Waals surface area contributed by atoms with Crippen LogP contribution in [0, 0.1) is 16.0 Å². The van der Waals surface area contributed by atoms with Crippen LogP contribution in [0.4, 0.5) is 5.69 Å². The van der Waals surface area contributed by atoms with Gasteiger partial charge >= 0.3 is 0 Å². The number of nitrogens with zero attached hydrogens (tertiary/aromatic N) is 2. The molecule has 1 aromatic heterocycles. The summed E-state index contributed by atoms with van der Waals surface area (Å²) >= 11 is 1.73. The SMILES string of the molecule is CN=C(NCCNS(=O)(=O)c1cccc([N+](=O)[O-])c1)NCC(C)Cc1cccs1.I. The molecule has 0 fully saturated rings. The van der Waals surface area contributed by atoms with E-state index in [1.807, 2.05) is 6.07 Å². The molecule has 0 amide bonds. The summed E-state index contributed by atoms with van der Waals surface area (Å²) in [5.74, 6) is 0.997. The number of hydrogen-bond donors (Lipinski definition) is 3. The molecule has 0 radical (unpaired) electrons. The van der Waals surface area contributed by atoms with Crippen molar-refractivity contribution < 1.29 is 13.3 Å². The van der Waals surface area contributed by atoms with Crippen molar-refractivity contribution in [3.8, 4) is 0 Å². The lowest BCUT2D eigenvalue weighted by Gasteiger charge is -2.16. The molecule has 9 nitrogen and oxygen atoms in total. The second-order valence-electron chi connectivity index (χ2n) is 6.42. The summed E-state index contributed by atoms with van der Waals surface area (Å²) in [4.78, 5) is 15.5. The number of nitro benzene ring substituents is 1. The summed E-state index contributed by atoms with van der Waals surface area (Å²) in [6.45, 7) is 3.30. The second-order valence-corrected chi connectivity index (χ2v) is 9.22. The van der Waals surface area contributed by atoms with Crippen molar-refractivity contribution in [2.75, 3.05) is 26.7 Å². The highest BCUT2D eigenvalue weighted by Gasteiger charge is 2.17. The lowest BCUT2D eigenvalue weighted by atomic mass is 10.1. The van der Waals surface area contributed by atoms with E-state index in [1.165, 1.54) is 23.1 Å². The summed E-state index contributed by atoms with van der Waals surface area (Å²) < 4.78 is 27.0. The third-order valence-electron chi connectivity index (χ3n) is 4.02. The quantitative estimate of drug-likeness (QED) is 0.101. The van der Waals surface area contributed by atoms with E-state index >= 15 is 0 Å². The van der Waals surface area contributed by atoms with Crippen molar-refractivity contribution in [3.63, 3.8) is 0 Å². The molecule has 2 rings (SSSR count). The van der Waals surface area contributed by atoms with Gasteiger partial charge in [0.25, 0.3) is 5.69 Å². The molecule has 1 heterocycles. The molecule has 3 N–H and O–H groups in total. The van der Waals surface area contributed by atoms with Crippen LogP contribution < -0.4 is 15.4 Å². The normalized spacial score (nSPS) is 12.7. The predicted molar refractivity (Wildman–Crippen MR) is 130 cm³/mol. The standard InChI is InChI=1S/C18H25N5O4S2.HI/c1-14(11-16-6-4-10-28-16)13-21-18(19-2)20-8-9-22-29(26,27)17-7-3-5-15(12-17)23(24)25;/h3-7,10,12,14,22H,8-9,11,13H2,1-2H3,(H2,19,20,21);1H. The van der Waals surface area contributed by atoms with E-state index < -0.39 is 14.9 Å². The fourth-order valence-electron chi connectivity index (χ4n) is 2.55. The Morgan fingerprint density at radius 3 is 2.63 bits per heavy atom. The molecule has 0 aliphatic rings. The lowest BCUT2D eigenvalue weighted by molar-refractivity contribution is -0.385. The lowest BCUT2D eigenvalue weighted by Crippen LogP contribution is -2.43. The van der Waals surface area contributed by atoms with Gasteiger partial charge in [-0.1, -0.05) is 19.1 Å². The fourth-order valence-corrected chi connectivity index (χ4v) is 4.49. The van der Waals surface area contributed by atoms with Crippen LogP contribution in [0.1, 0.15) is 11.8 Å². The minimum atomic E-state index is -3.83. The Morgan fingerprint density at radius 2 is 2.00 bits per heavy atom. The van der Waals surface area contributed by atoms with Gasteiger partial charge in [-0.2, -0.15) is 0 Å². The van der Waals surface area contributed by atoms with E-state index in [-0.39, 0.29) is 41.1 Å². The van der Waals surface area contributed by atoms with E-state index in [0.717, 1.165) is 19.0 Å². The third-order valence-corrected chi connectivity index (χ3v) is 6.38. The molecule has 1 aromatic carbocycles. The van der Waals surface area contributed by atoms with E-state index in [0.29, 0.717) is 18.4 Å². The number of thiophene rings is 1. The first-order chi connectivity index (χ1) is 13.8. The first-order valence-electron chi connectivity index (χ1n) is 9.03. The van der Waals surface area contributed by atoms with Crippen molar-refractivity contribution in [2.45, 2.75) is 18.2 Å². The maximum atomic E-state index is 12.3. The van der Waals surface area contributed by atoms with Gasteiger partial charge in [-0.05, 0) is 29.9 Å². The Labute approximate surface area is 197 Å². The predicted octanol–water partition coefficient (Wildman–Crippen LogP) is 2.60. The molecule has 0 saturated heterocycles. The molecule has 0 bridgehead atoms. The number of aliphatic imine (C=N–C) groups is 1. The highest BCUT2D eigenvalue weighted by atomic mass is 127. The topological polar surface area (TPSA) is 126 Å². The van der Waals surface area contributed by atoms with E-state index in [9.17, 15) is 18.5 Å². The van der Waals surface area contributed by atoms with E-state index in [1.54, 1.807) is 18.4 Å². The zero-order valence-electron chi connectivity index (χ0n) is 16.7. The van der Waals surface area contributed by atoms with E-state index in [2.05, 4.69) is 38.7 Å². The number of rotatable bonds is 10. The van der Waals surface area contributed by atoms with Gasteiger partial charge < -0.3 is 10.6 Å². The number of sulfonamides is 1. The maximum absolute atomic E-state index is 12.3. The molecule has 1 atom stereocenters. The van der Waals surface area contributed by atoms with Gasteiger partial charge in [0, 0.05) is 43.7 Å². The monoisotopic (exact) mass is 567 g/mol. The molecule has 0 aliphatic heterocycles. The molecule has 0 spiro atoms. The van der Waals surface area contributed by atoms with Crippen LogP contribution >= 0.6 is 35.3 Å². The van der Waals surface area contributed by atoms with Gasteiger partial charge in [0.2, 0.25) is 10.0 Å². The number of non-ortho nitro benzene ring substituents is 1. The zero-order chi connectivity index (χ0) is 21.3. The van der Waals surface area contributed by atoms with Gasteiger partial charge in [0.05, 0.1) is 9.82 Å². The van der Waals surface area contributed by atoms with Crippen molar-refractivity contribution in [2.24, 2.45) is 10.9 Å². The molecular weight excluding hydrogens is 541 g/mol. The summed E-state index contributed by atoms with van der Waals surface area (Å²) in [5.41, 5.74) is -0.271. The molecule has 1 unspecified atom stereocenters. The molecule has 30 heavy (non-hydrogen) atoms. The molecule has 0 saturated carbocycles. The first-order valence-corrected chi connectivity index (χ1v) is 11.4. The van der Waals surface area contributed by atoms with Crippen LogP contribution in [0.3, 0.4) is 0 Å². The average Bonchev–Trinajstić information content (AvgIpc) is 3.20. The van der Waals surface area contributed by atoms with Crippen LogP contribution in [-0.2, 0) is 16.4 Å². The van der Waals surface area contributed by atoms with Crippen molar-refractivity contribution in [3.05, 3.63) is 56.8 Å². The highest BCUT2D eigenvalue weighted by Crippen LogP contribution is 2.17. The van der Waals surface area contributed by atoms with Crippen LogP contribution in [-0.4, -0.2) is 46.0 Å².